The maximum absolute atomic E-state index is 8.78. The largest absolute Gasteiger partial charge is 0.353 e. The van der Waals surface area contributed by atoms with E-state index in [9.17, 15) is 0 Å². The Kier molecular flexibility index (Phi) is 4.87. The van der Waals surface area contributed by atoms with E-state index in [1.165, 1.54) is 11.8 Å². The fourth-order valence-corrected chi connectivity index (χ4v) is 2.77. The van der Waals surface area contributed by atoms with Crippen molar-refractivity contribution in [1.82, 2.24) is 19.9 Å². The summed E-state index contributed by atoms with van der Waals surface area (Å²) >= 11 is 0. The van der Waals surface area contributed by atoms with Crippen LogP contribution < -0.4 is 9.80 Å². The van der Waals surface area contributed by atoms with Gasteiger partial charge in [-0.2, -0.15) is 5.26 Å². The summed E-state index contributed by atoms with van der Waals surface area (Å²) in [5, 5.41) is 8.78. The summed E-state index contributed by atoms with van der Waals surface area (Å²) in [6.45, 7) is 4.41. The average molecular weight is 323 g/mol. The van der Waals surface area contributed by atoms with Gasteiger partial charge in [-0.25, -0.2) is 15.0 Å². The van der Waals surface area contributed by atoms with Gasteiger partial charge in [0.25, 0.3) is 0 Å². The predicted molar refractivity (Wildman–Crippen MR) is 92.8 cm³/mol. The fourth-order valence-electron chi connectivity index (χ4n) is 2.77. The van der Waals surface area contributed by atoms with Gasteiger partial charge in [-0.3, -0.25) is 0 Å². The smallest absolute Gasteiger partial charge is 0.158 e. The minimum absolute atomic E-state index is 0.347. The van der Waals surface area contributed by atoms with Crippen molar-refractivity contribution in [2.24, 2.45) is 0 Å². The summed E-state index contributed by atoms with van der Waals surface area (Å²) in [6, 6.07) is 6.22. The third kappa shape index (κ3) is 3.78. The van der Waals surface area contributed by atoms with Crippen molar-refractivity contribution in [2.45, 2.75) is 6.54 Å². The summed E-state index contributed by atoms with van der Waals surface area (Å²) in [4.78, 5) is 19.6. The second-order valence-electron chi connectivity index (χ2n) is 6.11. The Bertz CT molecular complexity index is 695. The zero-order chi connectivity index (χ0) is 16.9. The molecule has 0 unspecified atom stereocenters. The Morgan fingerprint density at radius 2 is 1.62 bits per heavy atom. The first kappa shape index (κ1) is 16.1. The standard InChI is InChI=1S/C17H21N7/c1-22(2)13-14-3-4-16(20-10-14)23-5-7-24(8-6-23)17-12-19-15(9-18)11-21-17/h3-4,10-12H,5-8,13H2,1-2H3. The van der Waals surface area contributed by atoms with Gasteiger partial charge in [0.05, 0.1) is 12.4 Å². The van der Waals surface area contributed by atoms with Gasteiger partial charge in [0.2, 0.25) is 0 Å². The van der Waals surface area contributed by atoms with Gasteiger partial charge in [0.1, 0.15) is 17.7 Å². The van der Waals surface area contributed by atoms with Crippen LogP contribution in [0, 0.1) is 11.3 Å². The molecule has 0 N–H and O–H groups in total. The van der Waals surface area contributed by atoms with E-state index >= 15 is 0 Å². The van der Waals surface area contributed by atoms with E-state index in [-0.39, 0.29) is 0 Å². The van der Waals surface area contributed by atoms with E-state index in [2.05, 4.69) is 55.9 Å². The van der Waals surface area contributed by atoms with Crippen molar-refractivity contribution < 1.29 is 0 Å². The number of nitrogens with zero attached hydrogens (tertiary/aromatic N) is 7. The van der Waals surface area contributed by atoms with Gasteiger partial charge in [-0.1, -0.05) is 6.07 Å². The van der Waals surface area contributed by atoms with Crippen LogP contribution in [-0.4, -0.2) is 60.1 Å². The Hall–Kier alpha value is -2.72. The number of pyridine rings is 1. The number of hydrogen-bond donors (Lipinski definition) is 0. The van der Waals surface area contributed by atoms with E-state index in [1.54, 1.807) is 6.20 Å². The highest BCUT2D eigenvalue weighted by Crippen LogP contribution is 2.17. The molecular weight excluding hydrogens is 302 g/mol. The van der Waals surface area contributed by atoms with Crippen molar-refractivity contribution >= 4 is 11.6 Å². The minimum Gasteiger partial charge on any atom is -0.353 e. The van der Waals surface area contributed by atoms with Crippen LogP contribution in [-0.2, 0) is 6.54 Å². The quantitative estimate of drug-likeness (QED) is 0.835. The highest BCUT2D eigenvalue weighted by molar-refractivity contribution is 5.44. The molecule has 24 heavy (non-hydrogen) atoms. The van der Waals surface area contributed by atoms with Gasteiger partial charge in [-0.05, 0) is 25.7 Å². The molecule has 0 aliphatic carbocycles. The SMILES string of the molecule is CN(C)Cc1ccc(N2CCN(c3cnc(C#N)cn3)CC2)nc1. The molecule has 1 aliphatic heterocycles. The van der Waals surface area contributed by atoms with Crippen LogP contribution in [0.3, 0.4) is 0 Å². The molecule has 3 rings (SSSR count). The van der Waals surface area contributed by atoms with E-state index in [1.807, 2.05) is 12.3 Å². The highest BCUT2D eigenvalue weighted by Gasteiger charge is 2.19. The van der Waals surface area contributed by atoms with Crippen molar-refractivity contribution in [1.29, 1.82) is 5.26 Å². The predicted octanol–water partition coefficient (Wildman–Crippen LogP) is 1.13. The third-order valence-electron chi connectivity index (χ3n) is 3.99. The van der Waals surface area contributed by atoms with Crippen LogP contribution in [0.2, 0.25) is 0 Å². The number of aromatic nitrogens is 3. The Morgan fingerprint density at radius 3 is 2.12 bits per heavy atom. The maximum Gasteiger partial charge on any atom is 0.158 e. The molecule has 2 aromatic rings. The first-order chi connectivity index (χ1) is 11.7. The third-order valence-corrected chi connectivity index (χ3v) is 3.99. The van der Waals surface area contributed by atoms with Crippen LogP contribution in [0.4, 0.5) is 11.6 Å². The molecule has 0 amide bonds. The first-order valence-corrected chi connectivity index (χ1v) is 7.97. The normalized spacial score (nSPS) is 14.8. The minimum atomic E-state index is 0.347. The number of nitriles is 1. The van der Waals surface area contributed by atoms with Crippen LogP contribution >= 0.6 is 0 Å². The molecule has 0 radical (unpaired) electrons. The summed E-state index contributed by atoms with van der Waals surface area (Å²) in [6.07, 6.45) is 5.14. The Morgan fingerprint density at radius 1 is 0.958 bits per heavy atom. The van der Waals surface area contributed by atoms with Crippen LogP contribution in [0.5, 0.6) is 0 Å². The Balaban J connectivity index is 1.59. The average Bonchev–Trinajstić information content (AvgIpc) is 2.62. The molecule has 2 aromatic heterocycles. The van der Waals surface area contributed by atoms with E-state index in [0.717, 1.165) is 44.4 Å². The molecule has 1 fully saturated rings. The van der Waals surface area contributed by atoms with E-state index in [0.29, 0.717) is 5.69 Å². The lowest BCUT2D eigenvalue weighted by Crippen LogP contribution is -2.47. The maximum atomic E-state index is 8.78. The molecular formula is C17H21N7. The Labute approximate surface area is 142 Å². The number of piperazine rings is 1. The topological polar surface area (TPSA) is 72.2 Å². The van der Waals surface area contributed by atoms with Crippen LogP contribution in [0.15, 0.2) is 30.7 Å². The summed E-state index contributed by atoms with van der Waals surface area (Å²) in [5.74, 6) is 1.84. The molecule has 1 aliphatic rings. The molecule has 124 valence electrons. The van der Waals surface area contributed by atoms with Gasteiger partial charge < -0.3 is 14.7 Å². The van der Waals surface area contributed by atoms with Crippen molar-refractivity contribution in [3.05, 3.63) is 42.0 Å². The zero-order valence-electron chi connectivity index (χ0n) is 14.1. The van der Waals surface area contributed by atoms with Gasteiger partial charge >= 0.3 is 0 Å². The highest BCUT2D eigenvalue weighted by atomic mass is 15.3. The van der Waals surface area contributed by atoms with Crippen LogP contribution in [0.25, 0.3) is 0 Å². The van der Waals surface area contributed by atoms with Crippen molar-refractivity contribution in [3.63, 3.8) is 0 Å². The number of rotatable bonds is 4. The first-order valence-electron chi connectivity index (χ1n) is 7.97. The molecule has 0 aromatic carbocycles. The van der Waals surface area contributed by atoms with Gasteiger partial charge in [0.15, 0.2) is 5.69 Å². The molecule has 0 saturated carbocycles. The van der Waals surface area contributed by atoms with Crippen molar-refractivity contribution in [2.75, 3.05) is 50.1 Å². The lowest BCUT2D eigenvalue weighted by atomic mass is 10.2. The second-order valence-corrected chi connectivity index (χ2v) is 6.11. The molecule has 0 bridgehead atoms. The molecule has 7 heteroatoms. The second kappa shape index (κ2) is 7.23. The lowest BCUT2D eigenvalue weighted by Gasteiger charge is -2.35. The molecule has 1 saturated heterocycles. The van der Waals surface area contributed by atoms with E-state index in [4.69, 9.17) is 5.26 Å². The van der Waals surface area contributed by atoms with Crippen molar-refractivity contribution in [3.8, 4) is 6.07 Å². The monoisotopic (exact) mass is 323 g/mol. The molecule has 7 nitrogen and oxygen atoms in total. The van der Waals surface area contributed by atoms with Crippen LogP contribution in [0.1, 0.15) is 11.3 Å². The summed E-state index contributed by atoms with van der Waals surface area (Å²) in [5.41, 5.74) is 1.56. The molecule has 3 heterocycles. The number of anilines is 2. The number of hydrogen-bond acceptors (Lipinski definition) is 7. The molecule has 0 spiro atoms. The summed E-state index contributed by atoms with van der Waals surface area (Å²) < 4.78 is 0. The summed E-state index contributed by atoms with van der Waals surface area (Å²) in [7, 11) is 4.11. The van der Waals surface area contributed by atoms with Gasteiger partial charge in [-0.15, -0.1) is 0 Å². The van der Waals surface area contributed by atoms with Gasteiger partial charge in [0, 0.05) is 38.9 Å². The zero-order valence-corrected chi connectivity index (χ0v) is 14.1. The lowest BCUT2D eigenvalue weighted by molar-refractivity contribution is 0.402. The molecule has 0 atom stereocenters. The fraction of sp³-hybridized carbons (Fsp3) is 0.412. The van der Waals surface area contributed by atoms with E-state index < -0.39 is 0 Å².